The van der Waals surface area contributed by atoms with Gasteiger partial charge >= 0.3 is 0 Å². The van der Waals surface area contributed by atoms with E-state index in [1.54, 1.807) is 11.1 Å². The van der Waals surface area contributed by atoms with Gasteiger partial charge in [-0.2, -0.15) is 0 Å². The first-order chi connectivity index (χ1) is 15.9. The molecule has 7 atom stereocenters. The second-order valence-corrected chi connectivity index (χ2v) is 19.1. The summed E-state index contributed by atoms with van der Waals surface area (Å²) in [4.78, 5) is 0. The van der Waals surface area contributed by atoms with E-state index in [0.29, 0.717) is 22.0 Å². The van der Waals surface area contributed by atoms with Gasteiger partial charge in [-0.25, -0.2) is 0 Å². The van der Waals surface area contributed by atoms with Gasteiger partial charge in [0.05, 0.1) is 0 Å². The van der Waals surface area contributed by atoms with Crippen LogP contribution in [0.1, 0.15) is 106 Å². The molecule has 34 heavy (non-hydrogen) atoms. The average Bonchev–Trinajstić information content (AvgIpc) is 3.05. The van der Waals surface area contributed by atoms with Crippen LogP contribution in [0.15, 0.2) is 36.0 Å². The molecule has 4 aliphatic carbocycles. The summed E-state index contributed by atoms with van der Waals surface area (Å²) in [5.41, 5.74) is 4.40. The van der Waals surface area contributed by atoms with Crippen LogP contribution < -0.4 is 0 Å². The molecule has 0 N–H and O–H groups in total. The molecule has 0 heterocycles. The Morgan fingerprint density at radius 3 is 2.47 bits per heavy atom. The molecule has 0 amide bonds. The molecule has 0 saturated heterocycles. The van der Waals surface area contributed by atoms with Crippen LogP contribution in [0.4, 0.5) is 0 Å². The third-order valence-corrected chi connectivity index (χ3v) is 16.2. The summed E-state index contributed by atoms with van der Waals surface area (Å²) in [6.45, 7) is 23.6. The predicted octanol–water partition coefficient (Wildman–Crippen LogP) is 9.87. The van der Waals surface area contributed by atoms with Crippen molar-refractivity contribution in [2.24, 2.45) is 34.5 Å². The van der Waals surface area contributed by atoms with Crippen molar-refractivity contribution in [3.8, 4) is 0 Å². The van der Waals surface area contributed by atoms with E-state index in [0.717, 1.165) is 23.7 Å². The van der Waals surface area contributed by atoms with Gasteiger partial charge in [0.25, 0.3) is 0 Å². The lowest BCUT2D eigenvalue weighted by molar-refractivity contribution is -0.0413. The van der Waals surface area contributed by atoms with Gasteiger partial charge < -0.3 is 4.43 Å². The van der Waals surface area contributed by atoms with Gasteiger partial charge in [0.2, 0.25) is 0 Å². The first kappa shape index (κ1) is 26.5. The maximum absolute atomic E-state index is 6.94. The highest BCUT2D eigenvalue weighted by molar-refractivity contribution is 6.74. The maximum atomic E-state index is 6.94. The van der Waals surface area contributed by atoms with Crippen molar-refractivity contribution in [1.82, 2.24) is 0 Å². The summed E-state index contributed by atoms with van der Waals surface area (Å²) >= 11 is 0. The zero-order chi connectivity index (χ0) is 24.9. The number of hydrogen-bond acceptors (Lipinski definition) is 1. The van der Waals surface area contributed by atoms with Gasteiger partial charge in [0.1, 0.15) is 0 Å². The van der Waals surface area contributed by atoms with Crippen molar-refractivity contribution in [1.29, 1.82) is 0 Å². The van der Waals surface area contributed by atoms with Crippen LogP contribution in [0, 0.1) is 34.5 Å². The van der Waals surface area contributed by atoms with Gasteiger partial charge in [-0.05, 0) is 124 Å². The Hall–Kier alpha value is -0.603. The van der Waals surface area contributed by atoms with Gasteiger partial charge in [0, 0.05) is 6.10 Å². The lowest BCUT2D eigenvalue weighted by atomic mass is 9.47. The summed E-state index contributed by atoms with van der Waals surface area (Å²) in [5.74, 6) is 3.49. The molecule has 4 aliphatic rings. The normalized spacial score (nSPS) is 41.5. The molecule has 1 nitrogen and oxygen atoms in total. The van der Waals surface area contributed by atoms with Crippen LogP contribution in [0.5, 0.6) is 0 Å². The number of unbranched alkanes of at least 4 members (excludes halogenated alkanes) is 1. The molecular weight excluding hydrogens is 428 g/mol. The number of rotatable bonds is 6. The minimum absolute atomic E-state index is 0.293. The average molecular weight is 483 g/mol. The molecular formula is C32H54OSi. The molecule has 0 aromatic carbocycles. The van der Waals surface area contributed by atoms with E-state index in [-0.39, 0.29) is 0 Å². The zero-order valence-corrected chi connectivity index (χ0v) is 24.8. The summed E-state index contributed by atoms with van der Waals surface area (Å²) in [7, 11) is -1.71. The van der Waals surface area contributed by atoms with E-state index >= 15 is 0 Å². The second-order valence-electron chi connectivity index (χ2n) is 14.4. The number of allylic oxidation sites excluding steroid dienone is 4. The van der Waals surface area contributed by atoms with Crippen molar-refractivity contribution >= 4 is 8.32 Å². The van der Waals surface area contributed by atoms with Crippen LogP contribution in [-0.2, 0) is 4.43 Å². The van der Waals surface area contributed by atoms with E-state index in [4.69, 9.17) is 4.43 Å². The lowest BCUT2D eigenvalue weighted by Crippen LogP contribution is -2.52. The molecule has 0 radical (unpaired) electrons. The Bertz CT molecular complexity index is 828. The Balaban J connectivity index is 1.57. The SMILES string of the molecule is C=CCCC[C@@H]1C/C(=C/C)[C@@]2(C)CC[C@H]3[C@@H](CC=C4C[C@@H](O[Si](C)(C)C(C)(C)C)CC[C@@]43C)[C@H]12. The van der Waals surface area contributed by atoms with Crippen molar-refractivity contribution < 1.29 is 4.43 Å². The van der Waals surface area contributed by atoms with E-state index in [1.807, 2.05) is 0 Å². The fraction of sp³-hybridized carbons (Fsp3) is 0.812. The molecule has 192 valence electrons. The zero-order valence-electron chi connectivity index (χ0n) is 23.8. The van der Waals surface area contributed by atoms with Crippen molar-refractivity contribution in [2.45, 2.75) is 130 Å². The molecule has 4 rings (SSSR count). The highest BCUT2D eigenvalue weighted by atomic mass is 28.4. The Morgan fingerprint density at radius 1 is 1.12 bits per heavy atom. The Morgan fingerprint density at radius 2 is 1.82 bits per heavy atom. The third-order valence-electron chi connectivity index (χ3n) is 11.6. The topological polar surface area (TPSA) is 9.23 Å². The lowest BCUT2D eigenvalue weighted by Gasteiger charge is -2.58. The van der Waals surface area contributed by atoms with Crippen LogP contribution in [0.25, 0.3) is 0 Å². The summed E-state index contributed by atoms with van der Waals surface area (Å²) in [6.07, 6.45) is 21.0. The number of fused-ring (bicyclic) bond motifs is 5. The monoisotopic (exact) mass is 482 g/mol. The van der Waals surface area contributed by atoms with Crippen molar-refractivity contribution in [2.75, 3.05) is 0 Å². The molecule has 0 spiro atoms. The highest BCUT2D eigenvalue weighted by Gasteiger charge is 2.59. The minimum atomic E-state index is -1.71. The van der Waals surface area contributed by atoms with Crippen LogP contribution >= 0.6 is 0 Å². The first-order valence-electron chi connectivity index (χ1n) is 14.5. The molecule has 0 unspecified atom stereocenters. The van der Waals surface area contributed by atoms with Gasteiger partial charge in [-0.15, -0.1) is 6.58 Å². The Labute approximate surface area is 213 Å². The quantitative estimate of drug-likeness (QED) is 0.208. The van der Waals surface area contributed by atoms with Crippen molar-refractivity contribution in [3.63, 3.8) is 0 Å². The molecule has 0 aromatic heterocycles. The molecule has 3 saturated carbocycles. The summed E-state index contributed by atoms with van der Waals surface area (Å²) in [6, 6.07) is 0. The molecule has 2 heteroatoms. The summed E-state index contributed by atoms with van der Waals surface area (Å²) < 4.78 is 6.94. The number of hydrogen-bond donors (Lipinski definition) is 0. The van der Waals surface area contributed by atoms with Crippen LogP contribution in [-0.4, -0.2) is 14.4 Å². The first-order valence-corrected chi connectivity index (χ1v) is 17.4. The van der Waals surface area contributed by atoms with Crippen LogP contribution in [0.2, 0.25) is 18.1 Å². The van der Waals surface area contributed by atoms with E-state index in [9.17, 15) is 0 Å². The molecule has 0 aliphatic heterocycles. The maximum Gasteiger partial charge on any atom is 0.192 e. The van der Waals surface area contributed by atoms with Gasteiger partial charge in [0.15, 0.2) is 8.32 Å². The summed E-state index contributed by atoms with van der Waals surface area (Å²) in [5, 5.41) is 0.293. The smallest absolute Gasteiger partial charge is 0.192 e. The van der Waals surface area contributed by atoms with E-state index < -0.39 is 8.32 Å². The molecule has 3 fully saturated rings. The fourth-order valence-corrected chi connectivity index (χ4v) is 10.1. The van der Waals surface area contributed by atoms with Gasteiger partial charge in [-0.3, -0.25) is 0 Å². The largest absolute Gasteiger partial charge is 0.414 e. The van der Waals surface area contributed by atoms with E-state index in [2.05, 4.69) is 79.4 Å². The van der Waals surface area contributed by atoms with Crippen molar-refractivity contribution in [3.05, 3.63) is 36.0 Å². The predicted molar refractivity (Wildman–Crippen MR) is 150 cm³/mol. The standard InChI is InChI=1S/C32H54OSi/c1-10-12-13-14-23-21-24(11-2)32(7)20-18-28-27(29(23)32)16-15-25-22-26(17-19-31(25,28)6)33-34(8,9)30(3,4)5/h10-11,15,23,26-29H,1,12-14,16-22H2,2-9H3/b24-11-/t23-,26+,27-,28+,29+,31+,32-/m1/s1. The third kappa shape index (κ3) is 4.38. The second kappa shape index (κ2) is 9.36. The highest BCUT2D eigenvalue weighted by Crippen LogP contribution is 2.68. The molecule has 0 aromatic rings. The Kier molecular flexibility index (Phi) is 7.29. The molecule has 0 bridgehead atoms. The van der Waals surface area contributed by atoms with Crippen LogP contribution in [0.3, 0.4) is 0 Å². The van der Waals surface area contributed by atoms with Gasteiger partial charge in [-0.1, -0.05) is 64.0 Å². The van der Waals surface area contributed by atoms with E-state index in [1.165, 1.54) is 64.2 Å². The fourth-order valence-electron chi connectivity index (χ4n) is 8.72. The minimum Gasteiger partial charge on any atom is -0.414 e.